The molecular weight excluding hydrogens is 276 g/mol. The van der Waals surface area contributed by atoms with Crippen molar-refractivity contribution in [1.82, 2.24) is 4.90 Å². The van der Waals surface area contributed by atoms with Gasteiger partial charge in [-0.2, -0.15) is 0 Å². The molecule has 1 aliphatic heterocycles. The normalized spacial score (nSPS) is 23.3. The SMILES string of the molecule is NCCN1CCOCCOCCOCCOCCOCC1. The van der Waals surface area contributed by atoms with Crippen molar-refractivity contribution in [3.63, 3.8) is 0 Å². The summed E-state index contributed by atoms with van der Waals surface area (Å²) in [6.07, 6.45) is 0. The smallest absolute Gasteiger partial charge is 0.0701 e. The molecule has 1 aliphatic rings. The Kier molecular flexibility index (Phi) is 13.1. The molecule has 0 aliphatic carbocycles. The Hall–Kier alpha value is -0.280. The van der Waals surface area contributed by atoms with Crippen LogP contribution < -0.4 is 5.73 Å². The summed E-state index contributed by atoms with van der Waals surface area (Å²) < 4.78 is 27.3. The largest absolute Gasteiger partial charge is 0.378 e. The van der Waals surface area contributed by atoms with Crippen LogP contribution in [0.25, 0.3) is 0 Å². The van der Waals surface area contributed by atoms with Crippen molar-refractivity contribution in [2.45, 2.75) is 0 Å². The summed E-state index contributed by atoms with van der Waals surface area (Å²) in [5.74, 6) is 0. The van der Waals surface area contributed by atoms with E-state index in [0.29, 0.717) is 72.6 Å². The van der Waals surface area contributed by atoms with Crippen LogP contribution in [0.3, 0.4) is 0 Å². The van der Waals surface area contributed by atoms with Gasteiger partial charge in [0.15, 0.2) is 0 Å². The zero-order chi connectivity index (χ0) is 15.0. The highest BCUT2D eigenvalue weighted by Gasteiger charge is 2.04. The van der Waals surface area contributed by atoms with Crippen LogP contribution >= 0.6 is 0 Å². The van der Waals surface area contributed by atoms with Gasteiger partial charge in [-0.3, -0.25) is 4.90 Å². The third kappa shape index (κ3) is 12.0. The van der Waals surface area contributed by atoms with Crippen LogP contribution in [-0.2, 0) is 23.7 Å². The van der Waals surface area contributed by atoms with Crippen LogP contribution in [0.15, 0.2) is 0 Å². The topological polar surface area (TPSA) is 75.4 Å². The highest BCUT2D eigenvalue weighted by Crippen LogP contribution is 1.91. The van der Waals surface area contributed by atoms with Crippen molar-refractivity contribution in [2.24, 2.45) is 5.73 Å². The third-order valence-corrected chi connectivity index (χ3v) is 3.04. The van der Waals surface area contributed by atoms with E-state index in [4.69, 9.17) is 29.4 Å². The summed E-state index contributed by atoms with van der Waals surface area (Å²) in [6, 6.07) is 0. The van der Waals surface area contributed by atoms with Crippen LogP contribution in [0.5, 0.6) is 0 Å². The van der Waals surface area contributed by atoms with Crippen LogP contribution in [0, 0.1) is 0 Å². The number of rotatable bonds is 2. The monoisotopic (exact) mass is 306 g/mol. The lowest BCUT2D eigenvalue weighted by molar-refractivity contribution is -0.0183. The zero-order valence-electron chi connectivity index (χ0n) is 13.0. The summed E-state index contributed by atoms with van der Waals surface area (Å²) >= 11 is 0. The van der Waals surface area contributed by atoms with Gasteiger partial charge in [-0.15, -0.1) is 0 Å². The van der Waals surface area contributed by atoms with Crippen molar-refractivity contribution < 1.29 is 23.7 Å². The van der Waals surface area contributed by atoms with Gasteiger partial charge in [-0.05, 0) is 0 Å². The Bertz CT molecular complexity index is 204. The van der Waals surface area contributed by atoms with E-state index < -0.39 is 0 Å². The quantitative estimate of drug-likeness (QED) is 0.726. The van der Waals surface area contributed by atoms with Crippen LogP contribution in [0.4, 0.5) is 0 Å². The van der Waals surface area contributed by atoms with E-state index >= 15 is 0 Å². The summed E-state index contributed by atoms with van der Waals surface area (Å²) in [4.78, 5) is 2.25. The molecule has 0 radical (unpaired) electrons. The first kappa shape index (κ1) is 18.8. The molecule has 126 valence electrons. The molecule has 7 nitrogen and oxygen atoms in total. The molecule has 1 saturated heterocycles. The Labute approximate surface area is 127 Å². The molecule has 0 unspecified atom stereocenters. The fraction of sp³-hybridized carbons (Fsp3) is 1.00. The van der Waals surface area contributed by atoms with Crippen molar-refractivity contribution >= 4 is 0 Å². The Morgan fingerprint density at radius 2 is 0.905 bits per heavy atom. The second-order valence-electron chi connectivity index (χ2n) is 4.69. The first-order valence-corrected chi connectivity index (χ1v) is 7.74. The molecule has 0 amide bonds. The predicted octanol–water partition coefficient (Wildman–Crippen LogP) is -0.656. The number of nitrogens with zero attached hydrogens (tertiary/aromatic N) is 1. The predicted molar refractivity (Wildman–Crippen MR) is 79.6 cm³/mol. The molecule has 0 atom stereocenters. The van der Waals surface area contributed by atoms with E-state index in [-0.39, 0.29) is 0 Å². The summed E-state index contributed by atoms with van der Waals surface area (Å²) in [5, 5.41) is 0. The number of hydrogen-bond acceptors (Lipinski definition) is 7. The number of ether oxygens (including phenoxy) is 5. The average molecular weight is 306 g/mol. The highest BCUT2D eigenvalue weighted by atomic mass is 16.6. The molecule has 0 bridgehead atoms. The van der Waals surface area contributed by atoms with E-state index in [1.165, 1.54) is 0 Å². The van der Waals surface area contributed by atoms with Crippen LogP contribution in [0.2, 0.25) is 0 Å². The first-order chi connectivity index (χ1) is 10.4. The maximum Gasteiger partial charge on any atom is 0.0701 e. The van der Waals surface area contributed by atoms with Gasteiger partial charge in [-0.1, -0.05) is 0 Å². The molecule has 1 rings (SSSR count). The van der Waals surface area contributed by atoms with Gasteiger partial charge in [-0.25, -0.2) is 0 Å². The maximum atomic E-state index is 5.62. The van der Waals surface area contributed by atoms with Crippen LogP contribution in [-0.4, -0.2) is 97.1 Å². The molecule has 0 aromatic rings. The lowest BCUT2D eigenvalue weighted by atomic mass is 10.4. The molecule has 0 spiro atoms. The van der Waals surface area contributed by atoms with Gasteiger partial charge >= 0.3 is 0 Å². The number of hydrogen-bond donors (Lipinski definition) is 1. The summed E-state index contributed by atoms with van der Waals surface area (Å²) in [7, 11) is 0. The molecule has 0 saturated carbocycles. The van der Waals surface area contributed by atoms with Gasteiger partial charge in [0.05, 0.1) is 66.1 Å². The lowest BCUT2D eigenvalue weighted by Gasteiger charge is -2.21. The van der Waals surface area contributed by atoms with Crippen molar-refractivity contribution in [2.75, 3.05) is 92.2 Å². The van der Waals surface area contributed by atoms with Gasteiger partial charge in [0, 0.05) is 26.2 Å². The second kappa shape index (κ2) is 14.6. The Balaban J connectivity index is 2.18. The number of nitrogens with two attached hydrogens (primary N) is 1. The maximum absolute atomic E-state index is 5.62. The molecular formula is C14H30N2O5. The molecule has 2 N–H and O–H groups in total. The van der Waals surface area contributed by atoms with Crippen LogP contribution in [0.1, 0.15) is 0 Å². The van der Waals surface area contributed by atoms with E-state index in [1.807, 2.05) is 0 Å². The van der Waals surface area contributed by atoms with Gasteiger partial charge < -0.3 is 29.4 Å². The minimum atomic E-state index is 0.587. The van der Waals surface area contributed by atoms with Crippen molar-refractivity contribution in [3.05, 3.63) is 0 Å². The summed E-state index contributed by atoms with van der Waals surface area (Å²) in [6.45, 7) is 9.35. The van der Waals surface area contributed by atoms with E-state index in [2.05, 4.69) is 4.90 Å². The molecule has 0 aromatic heterocycles. The van der Waals surface area contributed by atoms with Crippen molar-refractivity contribution in [1.29, 1.82) is 0 Å². The fourth-order valence-corrected chi connectivity index (χ4v) is 1.89. The van der Waals surface area contributed by atoms with Gasteiger partial charge in [0.2, 0.25) is 0 Å². The zero-order valence-corrected chi connectivity index (χ0v) is 13.0. The minimum absolute atomic E-state index is 0.587. The third-order valence-electron chi connectivity index (χ3n) is 3.04. The van der Waals surface area contributed by atoms with Gasteiger partial charge in [0.1, 0.15) is 0 Å². The lowest BCUT2D eigenvalue weighted by Crippen LogP contribution is -2.35. The minimum Gasteiger partial charge on any atom is -0.378 e. The van der Waals surface area contributed by atoms with Crippen molar-refractivity contribution in [3.8, 4) is 0 Å². The Morgan fingerprint density at radius 3 is 1.24 bits per heavy atom. The highest BCUT2D eigenvalue weighted by molar-refractivity contribution is 4.57. The molecule has 1 heterocycles. The second-order valence-corrected chi connectivity index (χ2v) is 4.69. The molecule has 0 aromatic carbocycles. The molecule has 21 heavy (non-hydrogen) atoms. The van der Waals surface area contributed by atoms with E-state index in [9.17, 15) is 0 Å². The molecule has 1 fully saturated rings. The fourth-order valence-electron chi connectivity index (χ4n) is 1.89. The Morgan fingerprint density at radius 1 is 0.571 bits per heavy atom. The van der Waals surface area contributed by atoms with Gasteiger partial charge in [0.25, 0.3) is 0 Å². The average Bonchev–Trinajstić information content (AvgIpc) is 2.49. The molecule has 7 heteroatoms. The van der Waals surface area contributed by atoms with E-state index in [0.717, 1.165) is 19.6 Å². The van der Waals surface area contributed by atoms with E-state index in [1.54, 1.807) is 0 Å². The standard InChI is InChI=1S/C14H30N2O5/c15-1-2-16-3-5-17-7-9-19-11-13-21-14-12-20-10-8-18-6-4-16/h1-15H2. The first-order valence-electron chi connectivity index (χ1n) is 7.74. The summed E-state index contributed by atoms with van der Waals surface area (Å²) in [5.41, 5.74) is 5.62.